The van der Waals surface area contributed by atoms with Gasteiger partial charge in [0.05, 0.1) is 0 Å². The highest BCUT2D eigenvalue weighted by atomic mass is 32.1. The van der Waals surface area contributed by atoms with Gasteiger partial charge in [-0.3, -0.25) is 0 Å². The third-order valence-corrected chi connectivity index (χ3v) is 4.22. The summed E-state index contributed by atoms with van der Waals surface area (Å²) in [7, 11) is 0. The SMILES string of the molecule is CC(CNc1nnc(C(F)(F)F)s1)Cc1cccs1. The first-order chi connectivity index (χ1) is 8.95. The zero-order valence-electron chi connectivity index (χ0n) is 10.1. The molecule has 3 nitrogen and oxygen atoms in total. The molecule has 0 spiro atoms. The summed E-state index contributed by atoms with van der Waals surface area (Å²) in [5.74, 6) is 0.317. The average molecular weight is 307 g/mol. The van der Waals surface area contributed by atoms with E-state index in [1.807, 2.05) is 24.4 Å². The molecule has 0 bridgehead atoms. The first kappa shape index (κ1) is 14.3. The molecule has 0 radical (unpaired) electrons. The van der Waals surface area contributed by atoms with Crippen molar-refractivity contribution in [3.63, 3.8) is 0 Å². The molecule has 1 N–H and O–H groups in total. The molecule has 1 atom stereocenters. The molecule has 0 fully saturated rings. The number of hydrogen-bond donors (Lipinski definition) is 1. The Bertz CT molecular complexity index is 507. The predicted molar refractivity (Wildman–Crippen MR) is 70.6 cm³/mol. The van der Waals surface area contributed by atoms with Gasteiger partial charge < -0.3 is 5.32 Å². The van der Waals surface area contributed by atoms with Crippen LogP contribution in [-0.2, 0) is 12.6 Å². The summed E-state index contributed by atoms with van der Waals surface area (Å²) in [5.41, 5.74) is 0. The van der Waals surface area contributed by atoms with Crippen LogP contribution in [0.25, 0.3) is 0 Å². The average Bonchev–Trinajstić information content (AvgIpc) is 2.95. The van der Waals surface area contributed by atoms with E-state index in [9.17, 15) is 13.2 Å². The summed E-state index contributed by atoms with van der Waals surface area (Å²) in [5, 5.41) is 10.8. The van der Waals surface area contributed by atoms with Crippen LogP contribution in [0.2, 0.25) is 0 Å². The molecular formula is C11H12F3N3S2. The molecular weight excluding hydrogens is 295 g/mol. The van der Waals surface area contributed by atoms with E-state index in [1.54, 1.807) is 11.3 Å². The molecule has 104 valence electrons. The Hall–Kier alpha value is -1.15. The molecule has 0 aromatic carbocycles. The number of rotatable bonds is 5. The van der Waals surface area contributed by atoms with Crippen LogP contribution in [0.15, 0.2) is 17.5 Å². The van der Waals surface area contributed by atoms with Crippen LogP contribution in [0.4, 0.5) is 18.3 Å². The van der Waals surface area contributed by atoms with Gasteiger partial charge >= 0.3 is 6.18 Å². The van der Waals surface area contributed by atoms with E-state index >= 15 is 0 Å². The largest absolute Gasteiger partial charge is 0.445 e. The van der Waals surface area contributed by atoms with Gasteiger partial charge in [-0.25, -0.2) is 0 Å². The molecule has 0 aliphatic carbocycles. The number of halogens is 3. The zero-order chi connectivity index (χ0) is 13.9. The van der Waals surface area contributed by atoms with E-state index < -0.39 is 11.2 Å². The Morgan fingerprint density at radius 1 is 1.37 bits per heavy atom. The zero-order valence-corrected chi connectivity index (χ0v) is 11.7. The molecule has 0 aliphatic rings. The molecule has 2 aromatic rings. The van der Waals surface area contributed by atoms with E-state index in [0.717, 1.165) is 6.42 Å². The van der Waals surface area contributed by atoms with Gasteiger partial charge in [0.1, 0.15) is 0 Å². The second-order valence-electron chi connectivity index (χ2n) is 4.18. The lowest BCUT2D eigenvalue weighted by atomic mass is 10.1. The molecule has 0 saturated heterocycles. The minimum atomic E-state index is -4.42. The smallest absolute Gasteiger partial charge is 0.360 e. The van der Waals surface area contributed by atoms with Crippen LogP contribution in [0.3, 0.4) is 0 Å². The predicted octanol–water partition coefficient (Wildman–Crippen LogP) is 3.91. The molecule has 19 heavy (non-hydrogen) atoms. The third kappa shape index (κ3) is 4.17. The summed E-state index contributed by atoms with van der Waals surface area (Å²) < 4.78 is 37.0. The van der Waals surface area contributed by atoms with Gasteiger partial charge in [-0.2, -0.15) is 13.2 Å². The number of thiophene rings is 1. The van der Waals surface area contributed by atoms with Gasteiger partial charge in [0.25, 0.3) is 0 Å². The molecule has 0 amide bonds. The van der Waals surface area contributed by atoms with E-state index in [-0.39, 0.29) is 5.13 Å². The van der Waals surface area contributed by atoms with E-state index in [2.05, 4.69) is 15.5 Å². The number of nitrogens with one attached hydrogen (secondary N) is 1. The Kier molecular flexibility index (Phi) is 4.41. The van der Waals surface area contributed by atoms with Gasteiger partial charge in [-0.15, -0.1) is 21.5 Å². The molecule has 1 unspecified atom stereocenters. The summed E-state index contributed by atoms with van der Waals surface area (Å²) in [4.78, 5) is 1.27. The van der Waals surface area contributed by atoms with Crippen molar-refractivity contribution in [3.8, 4) is 0 Å². The first-order valence-electron chi connectivity index (χ1n) is 5.62. The van der Waals surface area contributed by atoms with Crippen molar-refractivity contribution in [1.29, 1.82) is 0 Å². The van der Waals surface area contributed by atoms with Crippen LogP contribution in [0, 0.1) is 5.92 Å². The number of aromatic nitrogens is 2. The lowest BCUT2D eigenvalue weighted by molar-refractivity contribution is -0.138. The Balaban J connectivity index is 1.83. The monoisotopic (exact) mass is 307 g/mol. The third-order valence-electron chi connectivity index (χ3n) is 2.40. The first-order valence-corrected chi connectivity index (χ1v) is 7.31. The fourth-order valence-electron chi connectivity index (χ4n) is 1.52. The number of nitrogens with zero attached hydrogens (tertiary/aromatic N) is 2. The second-order valence-corrected chi connectivity index (χ2v) is 6.19. The quantitative estimate of drug-likeness (QED) is 0.910. The standard InChI is InChI=1S/C11H12F3N3S2/c1-7(5-8-3-2-4-18-8)6-15-10-17-16-9(19-10)11(12,13)14/h2-4,7H,5-6H2,1H3,(H,15,17). The maximum atomic E-state index is 12.3. The van der Waals surface area contributed by atoms with Crippen molar-refractivity contribution in [2.24, 2.45) is 5.92 Å². The highest BCUT2D eigenvalue weighted by molar-refractivity contribution is 7.15. The lowest BCUT2D eigenvalue weighted by Crippen LogP contribution is -2.12. The molecule has 2 rings (SSSR count). The second kappa shape index (κ2) is 5.87. The van der Waals surface area contributed by atoms with Crippen LogP contribution < -0.4 is 5.32 Å². The Morgan fingerprint density at radius 2 is 2.16 bits per heavy atom. The fourth-order valence-corrected chi connectivity index (χ4v) is 3.00. The van der Waals surface area contributed by atoms with Crippen molar-refractivity contribution in [2.75, 3.05) is 11.9 Å². The van der Waals surface area contributed by atoms with Gasteiger partial charge in [0.2, 0.25) is 10.1 Å². The van der Waals surface area contributed by atoms with Crippen molar-refractivity contribution in [1.82, 2.24) is 10.2 Å². The summed E-state index contributed by atoms with van der Waals surface area (Å²) >= 11 is 2.21. The van der Waals surface area contributed by atoms with E-state index in [1.165, 1.54) is 4.88 Å². The van der Waals surface area contributed by atoms with Gasteiger partial charge in [0.15, 0.2) is 0 Å². The van der Waals surface area contributed by atoms with Crippen LogP contribution in [0.1, 0.15) is 16.8 Å². The van der Waals surface area contributed by atoms with Crippen molar-refractivity contribution in [3.05, 3.63) is 27.4 Å². The van der Waals surface area contributed by atoms with E-state index in [0.29, 0.717) is 23.8 Å². The number of hydrogen-bond acceptors (Lipinski definition) is 5. The summed E-state index contributed by atoms with van der Waals surface area (Å²) in [6.45, 7) is 2.61. The van der Waals surface area contributed by atoms with Crippen molar-refractivity contribution < 1.29 is 13.2 Å². The minimum absolute atomic E-state index is 0.213. The van der Waals surface area contributed by atoms with Crippen molar-refractivity contribution in [2.45, 2.75) is 19.5 Å². The topological polar surface area (TPSA) is 37.8 Å². The number of alkyl halides is 3. The number of anilines is 1. The van der Waals surface area contributed by atoms with Gasteiger partial charge in [-0.05, 0) is 23.8 Å². The summed E-state index contributed by atoms with van der Waals surface area (Å²) in [6.07, 6.45) is -3.52. The van der Waals surface area contributed by atoms with E-state index in [4.69, 9.17) is 0 Å². The highest BCUT2D eigenvalue weighted by Crippen LogP contribution is 2.33. The Morgan fingerprint density at radius 3 is 2.74 bits per heavy atom. The lowest BCUT2D eigenvalue weighted by Gasteiger charge is -2.10. The highest BCUT2D eigenvalue weighted by Gasteiger charge is 2.35. The Labute approximate surface area is 116 Å². The molecule has 0 aliphatic heterocycles. The fraction of sp³-hybridized carbons (Fsp3) is 0.455. The minimum Gasteiger partial charge on any atom is -0.360 e. The van der Waals surface area contributed by atoms with Crippen molar-refractivity contribution >= 4 is 27.8 Å². The molecule has 0 saturated carbocycles. The van der Waals surface area contributed by atoms with Crippen LogP contribution >= 0.6 is 22.7 Å². The maximum Gasteiger partial charge on any atom is 0.445 e. The maximum absolute atomic E-state index is 12.3. The van der Waals surface area contributed by atoms with Gasteiger partial charge in [0, 0.05) is 11.4 Å². The summed E-state index contributed by atoms with van der Waals surface area (Å²) in [6, 6.07) is 4.04. The molecule has 8 heteroatoms. The van der Waals surface area contributed by atoms with Crippen LogP contribution in [0.5, 0.6) is 0 Å². The molecule has 2 aromatic heterocycles. The van der Waals surface area contributed by atoms with Crippen LogP contribution in [-0.4, -0.2) is 16.7 Å². The molecule has 2 heterocycles. The normalized spacial score (nSPS) is 13.5. The van der Waals surface area contributed by atoms with Gasteiger partial charge in [-0.1, -0.05) is 24.3 Å².